The third-order valence-electron chi connectivity index (χ3n) is 3.14. The van der Waals surface area contributed by atoms with Gasteiger partial charge in [0.25, 0.3) is 0 Å². The molecule has 1 atom stereocenters. The summed E-state index contributed by atoms with van der Waals surface area (Å²) in [7, 11) is -3.51. The molecule has 1 heterocycles. The van der Waals surface area contributed by atoms with Gasteiger partial charge in [-0.2, -0.15) is 0 Å². The molecule has 0 aliphatic rings. The van der Waals surface area contributed by atoms with Gasteiger partial charge in [0.15, 0.2) is 0 Å². The average molecular weight is 335 g/mol. The monoisotopic (exact) mass is 334 g/mol. The maximum atomic E-state index is 12.6. The molecule has 1 aromatic heterocycles. The van der Waals surface area contributed by atoms with Gasteiger partial charge in [-0.1, -0.05) is 20.8 Å². The van der Waals surface area contributed by atoms with E-state index in [0.717, 1.165) is 11.4 Å². The SMILES string of the molecule is CCNCc1sccc1S(=O)(=O)NC(COCC)C(C)C. The van der Waals surface area contributed by atoms with Crippen LogP contribution in [0.1, 0.15) is 32.6 Å². The lowest BCUT2D eigenvalue weighted by molar-refractivity contribution is 0.116. The largest absolute Gasteiger partial charge is 0.380 e. The average Bonchev–Trinajstić information content (AvgIpc) is 2.90. The highest BCUT2D eigenvalue weighted by Crippen LogP contribution is 2.22. The number of hydrogen-bond donors (Lipinski definition) is 2. The van der Waals surface area contributed by atoms with Gasteiger partial charge in [-0.05, 0) is 30.8 Å². The van der Waals surface area contributed by atoms with Gasteiger partial charge in [-0.3, -0.25) is 0 Å². The second-order valence-corrected chi connectivity index (χ2v) is 7.80. The number of thiophene rings is 1. The molecule has 0 radical (unpaired) electrons. The fourth-order valence-electron chi connectivity index (χ4n) is 1.81. The van der Waals surface area contributed by atoms with E-state index in [1.54, 1.807) is 6.07 Å². The Balaban J connectivity index is 2.86. The molecule has 0 aliphatic carbocycles. The standard InChI is InChI=1S/C14H26N2O3S2/c1-5-15-9-13-14(7-8-20-13)21(17,18)16-12(11(3)4)10-19-6-2/h7-8,11-12,15-16H,5-6,9-10H2,1-4H3. The Morgan fingerprint density at radius 2 is 2.05 bits per heavy atom. The van der Waals surface area contributed by atoms with Crippen LogP contribution in [0.2, 0.25) is 0 Å². The summed E-state index contributed by atoms with van der Waals surface area (Å²) in [6.45, 7) is 10.2. The van der Waals surface area contributed by atoms with Crippen molar-refractivity contribution in [1.82, 2.24) is 10.0 Å². The van der Waals surface area contributed by atoms with Gasteiger partial charge in [0, 0.05) is 24.1 Å². The Kier molecular flexibility index (Phi) is 7.83. The highest BCUT2D eigenvalue weighted by Gasteiger charge is 2.25. The van der Waals surface area contributed by atoms with Gasteiger partial charge in [0.2, 0.25) is 10.0 Å². The molecule has 0 fully saturated rings. The van der Waals surface area contributed by atoms with Crippen molar-refractivity contribution in [3.05, 3.63) is 16.3 Å². The highest BCUT2D eigenvalue weighted by molar-refractivity contribution is 7.89. The van der Waals surface area contributed by atoms with Crippen LogP contribution in [0.5, 0.6) is 0 Å². The first-order chi connectivity index (χ1) is 9.92. The van der Waals surface area contributed by atoms with Crippen molar-refractivity contribution in [2.24, 2.45) is 5.92 Å². The summed E-state index contributed by atoms with van der Waals surface area (Å²) < 4.78 is 33.3. The van der Waals surface area contributed by atoms with Gasteiger partial charge in [0.1, 0.15) is 0 Å². The second-order valence-electron chi connectivity index (χ2n) is 5.12. The molecule has 0 saturated heterocycles. The number of sulfonamides is 1. The number of nitrogens with one attached hydrogen (secondary N) is 2. The predicted molar refractivity (Wildman–Crippen MR) is 87.1 cm³/mol. The Morgan fingerprint density at radius 3 is 2.62 bits per heavy atom. The van der Waals surface area contributed by atoms with E-state index in [0.29, 0.717) is 24.7 Å². The minimum Gasteiger partial charge on any atom is -0.380 e. The van der Waals surface area contributed by atoms with Gasteiger partial charge in [-0.25, -0.2) is 13.1 Å². The van der Waals surface area contributed by atoms with Crippen LogP contribution in [0.3, 0.4) is 0 Å². The molecule has 1 rings (SSSR count). The van der Waals surface area contributed by atoms with Crippen LogP contribution in [-0.4, -0.2) is 34.2 Å². The quantitative estimate of drug-likeness (QED) is 0.688. The van der Waals surface area contributed by atoms with Crippen LogP contribution < -0.4 is 10.0 Å². The molecule has 5 nitrogen and oxygen atoms in total. The molecule has 21 heavy (non-hydrogen) atoms. The van der Waals surface area contributed by atoms with Crippen molar-refractivity contribution in [3.63, 3.8) is 0 Å². The molecule has 0 amide bonds. The minimum atomic E-state index is -3.51. The van der Waals surface area contributed by atoms with Gasteiger partial charge >= 0.3 is 0 Å². The number of rotatable bonds is 10. The van der Waals surface area contributed by atoms with E-state index in [1.165, 1.54) is 11.3 Å². The van der Waals surface area contributed by atoms with Crippen LogP contribution in [0.15, 0.2) is 16.3 Å². The van der Waals surface area contributed by atoms with Crippen LogP contribution in [0.4, 0.5) is 0 Å². The first kappa shape index (κ1) is 18.6. The van der Waals surface area contributed by atoms with Crippen molar-refractivity contribution >= 4 is 21.4 Å². The van der Waals surface area contributed by atoms with Crippen LogP contribution in [0, 0.1) is 5.92 Å². The zero-order chi connectivity index (χ0) is 15.9. The van der Waals surface area contributed by atoms with Gasteiger partial charge in [0.05, 0.1) is 11.5 Å². The van der Waals surface area contributed by atoms with E-state index < -0.39 is 10.0 Å². The summed E-state index contributed by atoms with van der Waals surface area (Å²) in [4.78, 5) is 1.21. The molecule has 0 aromatic carbocycles. The van der Waals surface area contributed by atoms with Crippen molar-refractivity contribution in [2.75, 3.05) is 19.8 Å². The molecule has 0 saturated carbocycles. The first-order valence-electron chi connectivity index (χ1n) is 7.29. The summed E-state index contributed by atoms with van der Waals surface area (Å²) in [5, 5.41) is 4.98. The summed E-state index contributed by atoms with van der Waals surface area (Å²) in [6, 6.07) is 1.44. The third-order valence-corrected chi connectivity index (χ3v) is 5.77. The van der Waals surface area contributed by atoms with Crippen molar-refractivity contribution < 1.29 is 13.2 Å². The lowest BCUT2D eigenvalue weighted by Crippen LogP contribution is -2.42. The van der Waals surface area contributed by atoms with E-state index in [2.05, 4.69) is 10.0 Å². The summed E-state index contributed by atoms with van der Waals surface area (Å²) in [5.41, 5.74) is 0. The summed E-state index contributed by atoms with van der Waals surface area (Å²) in [6.07, 6.45) is 0. The maximum absolute atomic E-state index is 12.6. The smallest absolute Gasteiger partial charge is 0.242 e. The maximum Gasteiger partial charge on any atom is 0.242 e. The van der Waals surface area contributed by atoms with Crippen molar-refractivity contribution in [1.29, 1.82) is 0 Å². The van der Waals surface area contributed by atoms with Crippen molar-refractivity contribution in [3.8, 4) is 0 Å². The van der Waals surface area contributed by atoms with Crippen LogP contribution in [0.25, 0.3) is 0 Å². The lowest BCUT2D eigenvalue weighted by Gasteiger charge is -2.22. The fourth-order valence-corrected chi connectivity index (χ4v) is 4.59. The molecule has 0 aliphatic heterocycles. The molecule has 1 aromatic rings. The summed E-state index contributed by atoms with van der Waals surface area (Å²) in [5.74, 6) is 0.169. The first-order valence-corrected chi connectivity index (χ1v) is 9.65. The number of hydrogen-bond acceptors (Lipinski definition) is 5. The number of ether oxygens (including phenoxy) is 1. The Labute approximate surface area is 132 Å². The molecule has 0 bridgehead atoms. The van der Waals surface area contributed by atoms with E-state index in [9.17, 15) is 8.42 Å². The molecule has 0 spiro atoms. The minimum absolute atomic E-state index is 0.169. The zero-order valence-electron chi connectivity index (χ0n) is 13.2. The predicted octanol–water partition coefficient (Wildman–Crippen LogP) is 2.20. The van der Waals surface area contributed by atoms with Crippen LogP contribution in [-0.2, 0) is 21.3 Å². The molecular formula is C14H26N2O3S2. The Bertz CT molecular complexity index is 512. The zero-order valence-corrected chi connectivity index (χ0v) is 14.8. The fraction of sp³-hybridized carbons (Fsp3) is 0.714. The molecule has 1 unspecified atom stereocenters. The Morgan fingerprint density at radius 1 is 1.33 bits per heavy atom. The van der Waals surface area contributed by atoms with E-state index in [1.807, 2.05) is 33.1 Å². The van der Waals surface area contributed by atoms with Crippen LogP contribution >= 0.6 is 11.3 Å². The molecule has 122 valence electrons. The van der Waals surface area contributed by atoms with Gasteiger partial charge in [-0.15, -0.1) is 11.3 Å². The van der Waals surface area contributed by atoms with E-state index in [-0.39, 0.29) is 12.0 Å². The Hall–Kier alpha value is -0.470. The van der Waals surface area contributed by atoms with Crippen molar-refractivity contribution in [2.45, 2.75) is 45.2 Å². The van der Waals surface area contributed by atoms with Gasteiger partial charge < -0.3 is 10.1 Å². The molecular weight excluding hydrogens is 308 g/mol. The van der Waals surface area contributed by atoms with E-state index in [4.69, 9.17) is 4.74 Å². The normalized spacial score (nSPS) is 13.8. The molecule has 2 N–H and O–H groups in total. The topological polar surface area (TPSA) is 67.4 Å². The third kappa shape index (κ3) is 5.67. The summed E-state index contributed by atoms with van der Waals surface area (Å²) >= 11 is 1.46. The second kappa shape index (κ2) is 8.85. The van der Waals surface area contributed by atoms with E-state index >= 15 is 0 Å². The molecule has 7 heteroatoms. The lowest BCUT2D eigenvalue weighted by atomic mass is 10.1. The highest BCUT2D eigenvalue weighted by atomic mass is 32.2.